The van der Waals surface area contributed by atoms with Crippen molar-refractivity contribution in [1.29, 1.82) is 0 Å². The number of hydrogen-bond donors (Lipinski definition) is 0. The molecule has 19 valence electrons. The number of rotatable bonds is 0. The molecule has 0 unspecified atom stereocenters. The first-order valence-corrected chi connectivity index (χ1v) is 1.68. The molecule has 0 aliphatic heterocycles. The van der Waals surface area contributed by atoms with Gasteiger partial charge < -0.3 is 0 Å². The summed E-state index contributed by atoms with van der Waals surface area (Å²) in [7, 11) is 0. The topological polar surface area (TPSA) is 34.1 Å². The number of hydrogen-bond acceptors (Lipinski definition) is 2. The van der Waals surface area contributed by atoms with Crippen LogP contribution in [0.1, 0.15) is 0 Å². The van der Waals surface area contributed by atoms with Crippen LogP contribution in [0.2, 0.25) is 0 Å². The summed E-state index contributed by atoms with van der Waals surface area (Å²) < 4.78 is 17.0. The predicted molar refractivity (Wildman–Crippen MR) is 1.37 cm³/mol. The van der Waals surface area contributed by atoms with Gasteiger partial charge in [0.2, 0.25) is 0 Å². The molecule has 0 rings (SSSR count). The van der Waals surface area contributed by atoms with Crippen LogP contribution in [0.4, 0.5) is 0 Å². The van der Waals surface area contributed by atoms with Crippen LogP contribution in [0, 0.1) is 35.6 Å². The zero-order chi connectivity index (χ0) is 2.71. The predicted octanol–water partition coefficient (Wildman–Crippen LogP) is -0.240. The van der Waals surface area contributed by atoms with Crippen molar-refractivity contribution in [2.24, 2.45) is 0 Å². The molecule has 0 aromatic carbocycles. The normalized spacial score (nSPS) is 2.00. The second kappa shape index (κ2) is 8.82. The van der Waals surface area contributed by atoms with Gasteiger partial charge in [0, 0.05) is 35.6 Å². The second-order valence-corrected chi connectivity index (χ2v) is 0.344. The Morgan fingerprint density at radius 3 is 1.25 bits per heavy atom. The van der Waals surface area contributed by atoms with E-state index >= 15 is 0 Å². The van der Waals surface area contributed by atoms with E-state index in [1.807, 2.05) is 0 Å². The molecule has 0 heterocycles. The minimum absolute atomic E-state index is 0. The standard InChI is InChI=1S/La.2O.Ti. The van der Waals surface area contributed by atoms with Crippen LogP contribution in [0.15, 0.2) is 0 Å². The van der Waals surface area contributed by atoms with Crippen LogP contribution >= 0.6 is 0 Å². The van der Waals surface area contributed by atoms with E-state index in [0.717, 1.165) is 0 Å². The van der Waals surface area contributed by atoms with Gasteiger partial charge in [-0.05, 0) is 0 Å². The van der Waals surface area contributed by atoms with Gasteiger partial charge in [-0.3, -0.25) is 0 Å². The molecule has 0 saturated heterocycles. The molecule has 0 fully saturated rings. The van der Waals surface area contributed by atoms with E-state index < -0.39 is 19.1 Å². The molecule has 0 N–H and O–H groups in total. The summed E-state index contributed by atoms with van der Waals surface area (Å²) in [6, 6.07) is 0. The zero-order valence-electron chi connectivity index (χ0n) is 1.89. The first-order valence-electron chi connectivity index (χ1n) is 0.408. The summed E-state index contributed by atoms with van der Waals surface area (Å²) in [6.45, 7) is 0. The van der Waals surface area contributed by atoms with Crippen LogP contribution < -0.4 is 0 Å². The van der Waals surface area contributed by atoms with Gasteiger partial charge in [-0.15, -0.1) is 0 Å². The van der Waals surface area contributed by atoms with Crippen molar-refractivity contribution in [3.8, 4) is 0 Å². The molecular weight excluding hydrogens is 219 g/mol. The molecule has 2 nitrogen and oxygen atoms in total. The summed E-state index contributed by atoms with van der Waals surface area (Å²) in [6.07, 6.45) is 0. The molecule has 0 aliphatic carbocycles. The van der Waals surface area contributed by atoms with Crippen LogP contribution in [-0.2, 0) is 25.7 Å². The van der Waals surface area contributed by atoms with Gasteiger partial charge in [0.15, 0.2) is 0 Å². The van der Waals surface area contributed by atoms with E-state index in [1.54, 1.807) is 0 Å². The van der Waals surface area contributed by atoms with Gasteiger partial charge in [-0.25, -0.2) is 0 Å². The third-order valence-electron chi connectivity index (χ3n) is 0. The molecule has 1 radical (unpaired) electrons. The van der Waals surface area contributed by atoms with Gasteiger partial charge in [0.25, 0.3) is 0 Å². The van der Waals surface area contributed by atoms with Crippen LogP contribution in [0.3, 0.4) is 0 Å². The SMILES string of the molecule is [La].[O]=[Ti]=[O]. The van der Waals surface area contributed by atoms with E-state index in [0.29, 0.717) is 0 Å². The summed E-state index contributed by atoms with van der Waals surface area (Å²) in [5, 5.41) is 0. The monoisotopic (exact) mass is 219 g/mol. The van der Waals surface area contributed by atoms with E-state index in [-0.39, 0.29) is 35.6 Å². The van der Waals surface area contributed by atoms with Crippen molar-refractivity contribution in [1.82, 2.24) is 0 Å². The molecule has 0 aromatic rings. The average molecular weight is 219 g/mol. The summed E-state index contributed by atoms with van der Waals surface area (Å²) in [4.78, 5) is 0. The Bertz CT molecular complexity index is 27.0. The fourth-order valence-corrected chi connectivity index (χ4v) is 0. The fourth-order valence-electron chi connectivity index (χ4n) is 0. The van der Waals surface area contributed by atoms with E-state index in [2.05, 4.69) is 0 Å². The quantitative estimate of drug-likeness (QED) is 0.526. The van der Waals surface area contributed by atoms with Crippen LogP contribution in [0.5, 0.6) is 0 Å². The maximum absolute atomic E-state index is 8.50. The van der Waals surface area contributed by atoms with E-state index in [4.69, 9.17) is 6.65 Å². The van der Waals surface area contributed by atoms with E-state index in [1.165, 1.54) is 0 Å². The van der Waals surface area contributed by atoms with E-state index in [9.17, 15) is 0 Å². The van der Waals surface area contributed by atoms with Crippen LogP contribution in [-0.4, -0.2) is 0 Å². The summed E-state index contributed by atoms with van der Waals surface area (Å²) in [5.74, 6) is 0. The van der Waals surface area contributed by atoms with Gasteiger partial charge >= 0.3 is 25.7 Å². The Morgan fingerprint density at radius 2 is 1.25 bits per heavy atom. The molecule has 0 aromatic heterocycles. The molecule has 0 atom stereocenters. The van der Waals surface area contributed by atoms with Crippen molar-refractivity contribution in [3.63, 3.8) is 0 Å². The van der Waals surface area contributed by atoms with Crippen molar-refractivity contribution >= 4 is 0 Å². The van der Waals surface area contributed by atoms with Gasteiger partial charge in [0.1, 0.15) is 0 Å². The molecule has 0 spiro atoms. The molecule has 4 heavy (non-hydrogen) atoms. The Hall–Kier alpha value is 1.51. The molecule has 0 aliphatic rings. The maximum atomic E-state index is 8.50. The Balaban J connectivity index is 0. The molecule has 4 heteroatoms. The van der Waals surface area contributed by atoms with Gasteiger partial charge in [-0.1, -0.05) is 0 Å². The van der Waals surface area contributed by atoms with Crippen molar-refractivity contribution in [2.45, 2.75) is 0 Å². The van der Waals surface area contributed by atoms with Crippen LogP contribution in [0.25, 0.3) is 0 Å². The van der Waals surface area contributed by atoms with Crippen molar-refractivity contribution < 1.29 is 61.3 Å². The van der Waals surface area contributed by atoms with Crippen molar-refractivity contribution in [3.05, 3.63) is 0 Å². The van der Waals surface area contributed by atoms with Gasteiger partial charge in [0.05, 0.1) is 0 Å². The Morgan fingerprint density at radius 1 is 1.25 bits per heavy atom. The fraction of sp³-hybridized carbons (Fsp3) is 0. The second-order valence-electron chi connectivity index (χ2n) is 0.0833. The Labute approximate surface area is 60.5 Å². The third kappa shape index (κ3) is 9.70. The molecular formula is LaO2Ti. The zero-order valence-corrected chi connectivity index (χ0v) is 7.08. The first-order chi connectivity index (χ1) is 1.41. The first kappa shape index (κ1) is 9.10. The molecule has 0 saturated carbocycles. The average Bonchev–Trinajstić information content (AvgIpc) is 0.918. The summed E-state index contributed by atoms with van der Waals surface area (Å²) >= 11 is -2.00. The molecule has 0 bridgehead atoms. The molecule has 0 amide bonds. The minimum atomic E-state index is -2.00. The third-order valence-corrected chi connectivity index (χ3v) is 0. The summed E-state index contributed by atoms with van der Waals surface area (Å²) in [5.41, 5.74) is 0. The van der Waals surface area contributed by atoms with Crippen molar-refractivity contribution in [2.75, 3.05) is 0 Å². The van der Waals surface area contributed by atoms with Gasteiger partial charge in [-0.2, -0.15) is 0 Å². The Kier molecular flexibility index (Phi) is 20.1.